The number of ether oxygens (including phenoxy) is 2. The molecule has 10 nitrogen and oxygen atoms in total. The summed E-state index contributed by atoms with van der Waals surface area (Å²) >= 11 is 12.9. The lowest BCUT2D eigenvalue weighted by Gasteiger charge is -2.38. The van der Waals surface area contributed by atoms with Crippen LogP contribution < -0.4 is 20.4 Å². The van der Waals surface area contributed by atoms with Gasteiger partial charge in [0.15, 0.2) is 0 Å². The van der Waals surface area contributed by atoms with Crippen LogP contribution in [0.15, 0.2) is 41.5 Å². The Balaban J connectivity index is 1.43. The summed E-state index contributed by atoms with van der Waals surface area (Å²) in [7, 11) is 0. The summed E-state index contributed by atoms with van der Waals surface area (Å²) in [6.07, 6.45) is 5.41. The van der Waals surface area contributed by atoms with E-state index in [1.165, 1.54) is 6.20 Å². The average molecular weight is 604 g/mol. The molecule has 5 rings (SSSR count). The maximum absolute atomic E-state index is 13.2. The van der Waals surface area contributed by atoms with E-state index in [-0.39, 0.29) is 29.1 Å². The molecule has 1 atom stereocenters. The number of alkyl carbamates (subject to hydrolysis) is 1. The monoisotopic (exact) mass is 602 g/mol. The van der Waals surface area contributed by atoms with E-state index in [4.69, 9.17) is 32.7 Å². The second kappa shape index (κ2) is 11.4. The normalized spacial score (nSPS) is 20.5. The predicted molar refractivity (Wildman–Crippen MR) is 157 cm³/mol. The Hall–Kier alpha value is -3.50. The highest BCUT2D eigenvalue weighted by atomic mass is 35.5. The molecule has 0 radical (unpaired) electrons. The molecule has 41 heavy (non-hydrogen) atoms. The number of carboxylic acid groups (broad SMARTS) is 1. The summed E-state index contributed by atoms with van der Waals surface area (Å²) < 4.78 is 13.1. The summed E-state index contributed by atoms with van der Waals surface area (Å²) in [6, 6.07) is 6.59. The number of rotatable bonds is 7. The maximum atomic E-state index is 13.2. The molecule has 2 aliphatic rings. The average Bonchev–Trinajstić information content (AvgIpc) is 3.33. The van der Waals surface area contributed by atoms with Gasteiger partial charge in [-0.25, -0.2) is 14.6 Å². The second-order valence-electron chi connectivity index (χ2n) is 11.5. The van der Waals surface area contributed by atoms with Crippen LogP contribution in [0.5, 0.6) is 5.88 Å². The SMILES string of the molecule is CC(C)(C)OC(=O)NC1CC(n2cc(C(=O)O)c(=O)c3cc(Cl)c(N4CCC[C@@H]4COc4ncccc4Cl)cc32)C1. The van der Waals surface area contributed by atoms with Crippen LogP contribution in [-0.2, 0) is 4.74 Å². The van der Waals surface area contributed by atoms with Crippen molar-refractivity contribution in [3.8, 4) is 5.88 Å². The zero-order chi connectivity index (χ0) is 29.5. The van der Waals surface area contributed by atoms with Crippen LogP contribution in [0.3, 0.4) is 0 Å². The van der Waals surface area contributed by atoms with Crippen molar-refractivity contribution in [1.29, 1.82) is 0 Å². The van der Waals surface area contributed by atoms with Crippen molar-refractivity contribution in [3.05, 3.63) is 62.5 Å². The number of anilines is 1. The number of hydrogen-bond acceptors (Lipinski definition) is 7. The molecular formula is C29H32Cl2N4O6. The number of fused-ring (bicyclic) bond motifs is 1. The van der Waals surface area contributed by atoms with E-state index >= 15 is 0 Å². The fraction of sp³-hybridized carbons (Fsp3) is 0.448. The molecule has 2 N–H and O–H groups in total. The lowest BCUT2D eigenvalue weighted by molar-refractivity contribution is 0.0457. The van der Waals surface area contributed by atoms with Gasteiger partial charge in [0.1, 0.15) is 22.8 Å². The molecule has 3 aromatic rings. The number of hydrogen-bond donors (Lipinski definition) is 2. The first-order valence-corrected chi connectivity index (χ1v) is 14.3. The van der Waals surface area contributed by atoms with Gasteiger partial charge in [0.05, 0.1) is 22.3 Å². The summed E-state index contributed by atoms with van der Waals surface area (Å²) in [5.74, 6) is -0.946. The van der Waals surface area contributed by atoms with E-state index in [1.807, 2.05) is 10.6 Å². The van der Waals surface area contributed by atoms with Gasteiger partial charge in [0.25, 0.3) is 0 Å². The third kappa shape index (κ3) is 6.23. The lowest BCUT2D eigenvalue weighted by atomic mass is 9.86. The molecule has 0 spiro atoms. The number of aromatic nitrogens is 2. The van der Waals surface area contributed by atoms with Crippen molar-refractivity contribution in [1.82, 2.24) is 14.9 Å². The van der Waals surface area contributed by atoms with Gasteiger partial charge < -0.3 is 29.4 Å². The molecule has 1 saturated carbocycles. The highest BCUT2D eigenvalue weighted by Gasteiger charge is 2.35. The number of carboxylic acids is 1. The fourth-order valence-corrected chi connectivity index (χ4v) is 5.87. The Morgan fingerprint density at radius 1 is 1.20 bits per heavy atom. The van der Waals surface area contributed by atoms with Gasteiger partial charge in [-0.15, -0.1) is 0 Å². The molecule has 1 saturated heterocycles. The number of amides is 1. The molecule has 2 aromatic heterocycles. The summed E-state index contributed by atoms with van der Waals surface area (Å²) in [5, 5.41) is 13.6. The highest BCUT2D eigenvalue weighted by molar-refractivity contribution is 6.34. The minimum Gasteiger partial charge on any atom is -0.477 e. The van der Waals surface area contributed by atoms with Gasteiger partial charge in [-0.1, -0.05) is 23.2 Å². The number of benzene rings is 1. The van der Waals surface area contributed by atoms with Crippen LogP contribution in [0, 0.1) is 0 Å². The van der Waals surface area contributed by atoms with Crippen LogP contribution in [0.1, 0.15) is 62.9 Å². The van der Waals surface area contributed by atoms with Crippen molar-refractivity contribution in [2.75, 3.05) is 18.1 Å². The minimum atomic E-state index is -1.31. The number of halogens is 2. The topological polar surface area (TPSA) is 123 Å². The van der Waals surface area contributed by atoms with Gasteiger partial charge in [0, 0.05) is 36.4 Å². The molecule has 3 heterocycles. The van der Waals surface area contributed by atoms with Crippen molar-refractivity contribution in [2.45, 2.75) is 70.2 Å². The van der Waals surface area contributed by atoms with E-state index in [1.54, 1.807) is 45.2 Å². The minimum absolute atomic E-state index is 0.00685. The third-order valence-corrected chi connectivity index (χ3v) is 7.97. The first kappa shape index (κ1) is 29.0. The number of nitrogens with one attached hydrogen (secondary N) is 1. The molecule has 0 bridgehead atoms. The zero-order valence-electron chi connectivity index (χ0n) is 23.0. The van der Waals surface area contributed by atoms with Crippen LogP contribution in [0.25, 0.3) is 10.9 Å². The Morgan fingerprint density at radius 3 is 2.63 bits per heavy atom. The van der Waals surface area contributed by atoms with Crippen LogP contribution in [0.2, 0.25) is 10.0 Å². The molecule has 218 valence electrons. The van der Waals surface area contributed by atoms with Crippen molar-refractivity contribution in [3.63, 3.8) is 0 Å². The number of carbonyl (C=O) groups is 2. The third-order valence-electron chi connectivity index (χ3n) is 7.38. The van der Waals surface area contributed by atoms with Crippen LogP contribution >= 0.6 is 23.2 Å². The molecule has 0 unspecified atom stereocenters. The molecule has 1 aliphatic carbocycles. The Bertz CT molecular complexity index is 1550. The van der Waals surface area contributed by atoms with Gasteiger partial charge in [-0.3, -0.25) is 4.79 Å². The number of carbonyl (C=O) groups excluding carboxylic acids is 1. The van der Waals surface area contributed by atoms with E-state index in [2.05, 4.69) is 15.2 Å². The second-order valence-corrected chi connectivity index (χ2v) is 12.3. The number of pyridine rings is 2. The molecule has 1 aliphatic heterocycles. The van der Waals surface area contributed by atoms with Gasteiger partial charge in [-0.05, 0) is 70.7 Å². The molecule has 1 amide bonds. The van der Waals surface area contributed by atoms with Crippen LogP contribution in [-0.4, -0.2) is 57.6 Å². The summed E-state index contributed by atoms with van der Waals surface area (Å²) in [5.41, 5.74) is -0.220. The van der Waals surface area contributed by atoms with Crippen molar-refractivity contribution >= 4 is 51.9 Å². The maximum Gasteiger partial charge on any atom is 0.407 e. The first-order chi connectivity index (χ1) is 19.4. The summed E-state index contributed by atoms with van der Waals surface area (Å²) in [4.78, 5) is 43.7. The first-order valence-electron chi connectivity index (χ1n) is 13.5. The van der Waals surface area contributed by atoms with Crippen molar-refractivity contribution in [2.24, 2.45) is 0 Å². The number of nitrogens with zero attached hydrogens (tertiary/aromatic N) is 3. The largest absolute Gasteiger partial charge is 0.477 e. The van der Waals surface area contributed by atoms with Crippen molar-refractivity contribution < 1.29 is 24.2 Å². The Kier molecular flexibility index (Phi) is 8.07. The predicted octanol–water partition coefficient (Wildman–Crippen LogP) is 5.68. The quantitative estimate of drug-likeness (QED) is 0.354. The summed E-state index contributed by atoms with van der Waals surface area (Å²) in [6.45, 7) is 6.46. The van der Waals surface area contributed by atoms with Gasteiger partial charge in [-0.2, -0.15) is 0 Å². The van der Waals surface area contributed by atoms with E-state index in [0.29, 0.717) is 40.9 Å². The standard InChI is InChI=1S/C29H32Cl2N4O6/c1-29(2,3)41-28(39)33-16-10-18(11-16)35-14-20(27(37)38)25(36)19-12-22(31)24(13-23(19)35)34-9-5-6-17(34)15-40-26-21(30)7-4-8-32-26/h4,7-8,12-14,16-18H,5-6,9-11,15H2,1-3H3,(H,33,39)(H,37,38)/t16?,17-,18?/m1/s1. The molecule has 12 heteroatoms. The smallest absolute Gasteiger partial charge is 0.407 e. The molecular weight excluding hydrogens is 571 g/mol. The van der Waals surface area contributed by atoms with Gasteiger partial charge in [0.2, 0.25) is 11.3 Å². The fourth-order valence-electron chi connectivity index (χ4n) is 5.42. The van der Waals surface area contributed by atoms with E-state index in [9.17, 15) is 19.5 Å². The Labute approximate surface area is 247 Å². The molecule has 2 fully saturated rings. The Morgan fingerprint density at radius 2 is 1.95 bits per heavy atom. The zero-order valence-corrected chi connectivity index (χ0v) is 24.5. The molecule has 1 aromatic carbocycles. The van der Waals surface area contributed by atoms with Crippen LogP contribution in [0.4, 0.5) is 10.5 Å². The van der Waals surface area contributed by atoms with E-state index in [0.717, 1.165) is 25.1 Å². The highest BCUT2D eigenvalue weighted by Crippen LogP contribution is 2.39. The number of aromatic carboxylic acids is 1. The lowest BCUT2D eigenvalue weighted by Crippen LogP contribution is -2.47. The van der Waals surface area contributed by atoms with E-state index < -0.39 is 23.1 Å². The van der Waals surface area contributed by atoms with Gasteiger partial charge >= 0.3 is 12.1 Å².